The molecule has 0 radical (unpaired) electrons. The van der Waals surface area contributed by atoms with Gasteiger partial charge in [0.1, 0.15) is 10.0 Å². The summed E-state index contributed by atoms with van der Waals surface area (Å²) in [6.07, 6.45) is 1.99. The average Bonchev–Trinajstić information content (AvgIpc) is 3.36. The van der Waals surface area contributed by atoms with Crippen LogP contribution in [0.2, 0.25) is 5.02 Å². The van der Waals surface area contributed by atoms with Gasteiger partial charge in [-0.1, -0.05) is 23.7 Å². The van der Waals surface area contributed by atoms with Crippen LogP contribution in [0.1, 0.15) is 24.4 Å². The second-order valence-corrected chi connectivity index (χ2v) is 9.80. The summed E-state index contributed by atoms with van der Waals surface area (Å²) in [6.45, 7) is 1.32. The normalized spacial score (nSPS) is 16.2. The van der Waals surface area contributed by atoms with E-state index in [1.54, 1.807) is 23.6 Å². The van der Waals surface area contributed by atoms with Crippen molar-refractivity contribution in [2.45, 2.75) is 23.1 Å². The van der Waals surface area contributed by atoms with Gasteiger partial charge in [-0.2, -0.15) is 0 Å². The van der Waals surface area contributed by atoms with Crippen LogP contribution in [0, 0.1) is 5.82 Å². The first kappa shape index (κ1) is 21.2. The summed E-state index contributed by atoms with van der Waals surface area (Å²) in [6, 6.07) is 7.20. The predicted octanol–water partition coefficient (Wildman–Crippen LogP) is 2.77. The Morgan fingerprint density at radius 3 is 2.64 bits per heavy atom. The Bertz CT molecular complexity index is 896. The lowest BCUT2D eigenvalue weighted by Crippen LogP contribution is -2.41. The van der Waals surface area contributed by atoms with E-state index in [-0.39, 0.29) is 10.8 Å². The number of sulfonamides is 1. The zero-order valence-electron chi connectivity index (χ0n) is 15.0. The number of nitrogens with zero attached hydrogens (tertiary/aromatic N) is 1. The van der Waals surface area contributed by atoms with Crippen LogP contribution in [-0.4, -0.2) is 45.4 Å². The van der Waals surface area contributed by atoms with Gasteiger partial charge in [0.25, 0.3) is 10.0 Å². The largest absolute Gasteiger partial charge is 0.353 e. The van der Waals surface area contributed by atoms with Gasteiger partial charge in [0.05, 0.1) is 12.6 Å². The van der Waals surface area contributed by atoms with Crippen LogP contribution in [0.25, 0.3) is 0 Å². The van der Waals surface area contributed by atoms with Gasteiger partial charge in [-0.15, -0.1) is 11.3 Å². The molecule has 0 aliphatic carbocycles. The number of nitrogens with one attached hydrogen (secondary N) is 2. The zero-order valence-corrected chi connectivity index (χ0v) is 17.4. The molecule has 1 atom stereocenters. The molecule has 3 rings (SSSR count). The maximum atomic E-state index is 14.4. The molecule has 152 valence electrons. The third kappa shape index (κ3) is 5.09. The van der Waals surface area contributed by atoms with Crippen LogP contribution in [-0.2, 0) is 14.8 Å². The number of halogens is 2. The van der Waals surface area contributed by atoms with Crippen molar-refractivity contribution in [3.8, 4) is 0 Å². The monoisotopic (exact) mass is 445 g/mol. The van der Waals surface area contributed by atoms with Crippen LogP contribution >= 0.6 is 22.9 Å². The number of hydrogen-bond donors (Lipinski definition) is 2. The fourth-order valence-electron chi connectivity index (χ4n) is 3.22. The van der Waals surface area contributed by atoms with Crippen LogP contribution in [0.5, 0.6) is 0 Å². The second kappa shape index (κ2) is 9.32. The standard InChI is InChI=1S/C18H21ClFN3O3S2/c19-13-5-3-6-14(20)18(13)15(23-8-1-2-9-23)11-21-16(24)12-22-28(25,26)17-7-4-10-27-17/h3-7,10,15,22H,1-2,8-9,11-12H2,(H,21,24). The number of thiophene rings is 1. The second-order valence-electron chi connectivity index (χ2n) is 6.45. The lowest BCUT2D eigenvalue weighted by Gasteiger charge is -2.29. The van der Waals surface area contributed by atoms with E-state index in [0.29, 0.717) is 10.6 Å². The van der Waals surface area contributed by atoms with Crippen molar-refractivity contribution in [1.29, 1.82) is 0 Å². The van der Waals surface area contributed by atoms with E-state index in [9.17, 15) is 17.6 Å². The van der Waals surface area contributed by atoms with E-state index in [1.165, 1.54) is 12.1 Å². The van der Waals surface area contributed by atoms with E-state index >= 15 is 0 Å². The Morgan fingerprint density at radius 2 is 2.00 bits per heavy atom. The zero-order chi connectivity index (χ0) is 20.1. The first-order valence-corrected chi connectivity index (χ1v) is 11.6. The van der Waals surface area contributed by atoms with E-state index in [0.717, 1.165) is 37.3 Å². The van der Waals surface area contributed by atoms with Gasteiger partial charge in [0, 0.05) is 17.1 Å². The van der Waals surface area contributed by atoms with Crippen molar-refractivity contribution in [1.82, 2.24) is 14.9 Å². The number of hydrogen-bond acceptors (Lipinski definition) is 5. The van der Waals surface area contributed by atoms with Crippen molar-refractivity contribution in [2.24, 2.45) is 0 Å². The first-order chi connectivity index (χ1) is 13.4. The molecule has 1 aromatic carbocycles. The van der Waals surface area contributed by atoms with Crippen molar-refractivity contribution < 1.29 is 17.6 Å². The van der Waals surface area contributed by atoms with Gasteiger partial charge in [0.2, 0.25) is 5.91 Å². The summed E-state index contributed by atoms with van der Waals surface area (Å²) < 4.78 is 41.0. The Hall–Kier alpha value is -1.52. The maximum Gasteiger partial charge on any atom is 0.250 e. The molecule has 6 nitrogen and oxygen atoms in total. The molecule has 10 heteroatoms. The molecule has 0 bridgehead atoms. The molecule has 2 N–H and O–H groups in total. The Morgan fingerprint density at radius 1 is 1.25 bits per heavy atom. The highest BCUT2D eigenvalue weighted by atomic mass is 35.5. The summed E-state index contributed by atoms with van der Waals surface area (Å²) in [5.41, 5.74) is 0.352. The lowest BCUT2D eigenvalue weighted by atomic mass is 10.0. The van der Waals surface area contributed by atoms with Crippen LogP contribution < -0.4 is 10.0 Å². The molecule has 1 aromatic heterocycles. The lowest BCUT2D eigenvalue weighted by molar-refractivity contribution is -0.120. The number of benzene rings is 1. The quantitative estimate of drug-likeness (QED) is 0.655. The van der Waals surface area contributed by atoms with Gasteiger partial charge in [-0.05, 0) is 49.5 Å². The first-order valence-electron chi connectivity index (χ1n) is 8.86. The molecule has 1 unspecified atom stereocenters. The summed E-state index contributed by atoms with van der Waals surface area (Å²) in [7, 11) is -3.72. The number of carbonyl (C=O) groups is 1. The Kier molecular flexibility index (Phi) is 7.05. The highest BCUT2D eigenvalue weighted by molar-refractivity contribution is 7.91. The summed E-state index contributed by atoms with van der Waals surface area (Å²) in [5, 5.41) is 4.66. The summed E-state index contributed by atoms with van der Waals surface area (Å²) in [4.78, 5) is 14.3. The minimum absolute atomic E-state index is 0.139. The van der Waals surface area contributed by atoms with Gasteiger partial charge < -0.3 is 5.32 Å². The fourth-order valence-corrected chi connectivity index (χ4v) is 5.53. The third-order valence-electron chi connectivity index (χ3n) is 4.59. The smallest absolute Gasteiger partial charge is 0.250 e. The number of rotatable bonds is 8. The van der Waals surface area contributed by atoms with Crippen LogP contribution in [0.15, 0.2) is 39.9 Å². The number of carbonyl (C=O) groups excluding carboxylic acids is 1. The van der Waals surface area contributed by atoms with Gasteiger partial charge in [-0.3, -0.25) is 9.69 Å². The molecule has 0 saturated carbocycles. The molecule has 0 spiro atoms. The topological polar surface area (TPSA) is 78.5 Å². The third-order valence-corrected chi connectivity index (χ3v) is 7.72. The van der Waals surface area contributed by atoms with Crippen molar-refractivity contribution in [3.63, 3.8) is 0 Å². The van der Waals surface area contributed by atoms with E-state index in [4.69, 9.17) is 11.6 Å². The SMILES string of the molecule is O=C(CNS(=O)(=O)c1cccs1)NCC(c1c(F)cccc1Cl)N1CCCC1. The van der Waals surface area contributed by atoms with Crippen molar-refractivity contribution in [3.05, 3.63) is 52.1 Å². The van der Waals surface area contributed by atoms with Gasteiger partial charge >= 0.3 is 0 Å². The minimum atomic E-state index is -3.72. The van der Waals surface area contributed by atoms with E-state index in [2.05, 4.69) is 14.9 Å². The van der Waals surface area contributed by atoms with E-state index < -0.39 is 34.3 Å². The Labute approximate surface area is 172 Å². The predicted molar refractivity (Wildman–Crippen MR) is 107 cm³/mol. The molecule has 1 fully saturated rings. The molecule has 1 saturated heterocycles. The van der Waals surface area contributed by atoms with Crippen LogP contribution in [0.3, 0.4) is 0 Å². The highest BCUT2D eigenvalue weighted by Gasteiger charge is 2.28. The summed E-state index contributed by atoms with van der Waals surface area (Å²) >= 11 is 7.30. The number of likely N-dealkylation sites (tertiary alicyclic amines) is 1. The maximum absolute atomic E-state index is 14.4. The van der Waals surface area contributed by atoms with E-state index in [1.807, 2.05) is 0 Å². The molecule has 1 amide bonds. The van der Waals surface area contributed by atoms with Gasteiger partial charge in [0.15, 0.2) is 0 Å². The molecular weight excluding hydrogens is 425 g/mol. The molecule has 1 aliphatic rings. The minimum Gasteiger partial charge on any atom is -0.353 e. The average molecular weight is 446 g/mol. The molecule has 2 aromatic rings. The van der Waals surface area contributed by atoms with Crippen molar-refractivity contribution >= 4 is 38.9 Å². The van der Waals surface area contributed by atoms with Crippen LogP contribution in [0.4, 0.5) is 4.39 Å². The van der Waals surface area contributed by atoms with Gasteiger partial charge in [-0.25, -0.2) is 17.5 Å². The number of amides is 1. The molecular formula is C18H21ClFN3O3S2. The summed E-state index contributed by atoms with van der Waals surface area (Å²) in [5.74, 6) is -0.908. The Balaban J connectivity index is 1.64. The molecule has 2 heterocycles. The fraction of sp³-hybridized carbons (Fsp3) is 0.389. The molecule has 28 heavy (non-hydrogen) atoms. The highest BCUT2D eigenvalue weighted by Crippen LogP contribution is 2.31. The van der Waals surface area contributed by atoms with Crippen molar-refractivity contribution in [2.75, 3.05) is 26.2 Å². The molecule has 1 aliphatic heterocycles.